The van der Waals surface area contributed by atoms with Crippen LogP contribution in [-0.4, -0.2) is 52.9 Å². The zero-order valence-corrected chi connectivity index (χ0v) is 17.1. The molecule has 0 aliphatic carbocycles. The second kappa shape index (κ2) is 9.72. The fourth-order valence-electron chi connectivity index (χ4n) is 3.58. The van der Waals surface area contributed by atoms with Crippen LogP contribution in [0.3, 0.4) is 0 Å². The van der Waals surface area contributed by atoms with Gasteiger partial charge in [0.1, 0.15) is 0 Å². The lowest BCUT2D eigenvalue weighted by Gasteiger charge is -2.34. The zero-order valence-electron chi connectivity index (χ0n) is 16.3. The maximum Gasteiger partial charge on any atom is 0.246 e. The van der Waals surface area contributed by atoms with Crippen LogP contribution in [0.25, 0.3) is 11.1 Å². The van der Waals surface area contributed by atoms with Crippen LogP contribution in [0.5, 0.6) is 0 Å². The molecule has 2 aromatic rings. The summed E-state index contributed by atoms with van der Waals surface area (Å²) in [6.07, 6.45) is 2.18. The van der Waals surface area contributed by atoms with Crippen molar-refractivity contribution in [2.24, 2.45) is 0 Å². The van der Waals surface area contributed by atoms with Crippen molar-refractivity contribution in [2.45, 2.75) is 19.4 Å². The molecule has 1 fully saturated rings. The SMILES string of the molecule is C=CC(=O)N1CCN(C(=O)CCc2cc(-c3ccccc3)c(Cl)cc2CO)CC1. The third-order valence-electron chi connectivity index (χ3n) is 5.27. The molecule has 5 nitrogen and oxygen atoms in total. The van der Waals surface area contributed by atoms with Gasteiger partial charge in [0.2, 0.25) is 11.8 Å². The maximum absolute atomic E-state index is 12.7. The number of hydrogen-bond donors (Lipinski definition) is 1. The second-order valence-corrected chi connectivity index (χ2v) is 7.44. The Bertz CT molecular complexity index is 890. The molecule has 0 aromatic heterocycles. The van der Waals surface area contributed by atoms with Crippen LogP contribution in [0.4, 0.5) is 0 Å². The molecule has 0 spiro atoms. The molecule has 0 atom stereocenters. The summed E-state index contributed by atoms with van der Waals surface area (Å²) in [5, 5.41) is 10.3. The van der Waals surface area contributed by atoms with Crippen molar-refractivity contribution in [1.29, 1.82) is 0 Å². The number of nitrogens with zero attached hydrogens (tertiary/aromatic N) is 2. The Balaban J connectivity index is 1.68. The van der Waals surface area contributed by atoms with E-state index in [1.165, 1.54) is 6.08 Å². The number of halogens is 1. The lowest BCUT2D eigenvalue weighted by molar-refractivity contribution is -0.137. The Kier molecular flexibility index (Phi) is 7.07. The first-order valence-corrected chi connectivity index (χ1v) is 10.1. The summed E-state index contributed by atoms with van der Waals surface area (Å²) < 4.78 is 0. The number of piperazine rings is 1. The molecule has 152 valence electrons. The van der Waals surface area contributed by atoms with Crippen LogP contribution in [-0.2, 0) is 22.6 Å². The average Bonchev–Trinajstić information content (AvgIpc) is 2.77. The lowest BCUT2D eigenvalue weighted by Crippen LogP contribution is -2.50. The third-order valence-corrected chi connectivity index (χ3v) is 5.58. The molecule has 3 rings (SSSR count). The highest BCUT2D eigenvalue weighted by atomic mass is 35.5. The summed E-state index contributed by atoms with van der Waals surface area (Å²) in [7, 11) is 0. The van der Waals surface area contributed by atoms with Gasteiger partial charge in [0.15, 0.2) is 0 Å². The molecule has 1 saturated heterocycles. The Morgan fingerprint density at radius 1 is 1.03 bits per heavy atom. The largest absolute Gasteiger partial charge is 0.392 e. The highest BCUT2D eigenvalue weighted by Gasteiger charge is 2.23. The molecular weight excluding hydrogens is 388 g/mol. The number of carbonyl (C=O) groups excluding carboxylic acids is 2. The van der Waals surface area contributed by atoms with Gasteiger partial charge in [0.25, 0.3) is 0 Å². The van der Waals surface area contributed by atoms with Crippen molar-refractivity contribution in [3.63, 3.8) is 0 Å². The van der Waals surface area contributed by atoms with Gasteiger partial charge in [-0.3, -0.25) is 9.59 Å². The van der Waals surface area contributed by atoms with Crippen LogP contribution in [0, 0.1) is 0 Å². The maximum atomic E-state index is 12.7. The van der Waals surface area contributed by atoms with E-state index in [1.54, 1.807) is 15.9 Å². The fraction of sp³-hybridized carbons (Fsp3) is 0.304. The molecule has 29 heavy (non-hydrogen) atoms. The quantitative estimate of drug-likeness (QED) is 0.740. The van der Waals surface area contributed by atoms with Crippen molar-refractivity contribution in [3.8, 4) is 11.1 Å². The van der Waals surface area contributed by atoms with Crippen molar-refractivity contribution >= 4 is 23.4 Å². The topological polar surface area (TPSA) is 60.9 Å². The van der Waals surface area contributed by atoms with Crippen LogP contribution in [0.1, 0.15) is 17.5 Å². The first kappa shape index (κ1) is 21.1. The summed E-state index contributed by atoms with van der Waals surface area (Å²) >= 11 is 6.42. The first-order valence-electron chi connectivity index (χ1n) is 9.70. The number of aliphatic hydroxyl groups excluding tert-OH is 1. The van der Waals surface area contributed by atoms with Crippen LogP contribution < -0.4 is 0 Å². The first-order chi connectivity index (χ1) is 14.0. The number of benzene rings is 2. The summed E-state index contributed by atoms with van der Waals surface area (Å²) in [5.74, 6) is -0.0462. The normalized spacial score (nSPS) is 14.0. The summed E-state index contributed by atoms with van der Waals surface area (Å²) in [6, 6.07) is 13.6. The molecule has 1 aliphatic heterocycles. The third kappa shape index (κ3) is 5.05. The molecule has 6 heteroatoms. The minimum atomic E-state index is -0.124. The number of amides is 2. The predicted octanol–water partition coefficient (Wildman–Crippen LogP) is 3.29. The van der Waals surface area contributed by atoms with Gasteiger partial charge in [-0.15, -0.1) is 0 Å². The standard InChI is InChI=1S/C23H25ClN2O3/c1-2-22(28)25-10-12-26(13-11-25)23(29)9-8-18-14-20(17-6-4-3-5-7-17)21(24)15-19(18)16-27/h2-7,14-15,27H,1,8-13,16H2. The molecule has 1 heterocycles. The average molecular weight is 413 g/mol. The van der Waals surface area contributed by atoms with E-state index in [2.05, 4.69) is 6.58 Å². The van der Waals surface area contributed by atoms with E-state index in [-0.39, 0.29) is 18.4 Å². The van der Waals surface area contributed by atoms with E-state index < -0.39 is 0 Å². The molecular formula is C23H25ClN2O3. The lowest BCUT2D eigenvalue weighted by atomic mass is 9.96. The minimum Gasteiger partial charge on any atom is -0.392 e. The van der Waals surface area contributed by atoms with Crippen molar-refractivity contribution < 1.29 is 14.7 Å². The van der Waals surface area contributed by atoms with Gasteiger partial charge in [-0.05, 0) is 41.3 Å². The molecule has 2 aromatic carbocycles. The molecule has 0 bridgehead atoms. The van der Waals surface area contributed by atoms with Crippen molar-refractivity contribution in [1.82, 2.24) is 9.80 Å². The molecule has 1 aliphatic rings. The van der Waals surface area contributed by atoms with E-state index in [4.69, 9.17) is 11.6 Å². The Morgan fingerprint density at radius 3 is 2.31 bits per heavy atom. The van der Waals surface area contributed by atoms with Gasteiger partial charge < -0.3 is 14.9 Å². The number of rotatable bonds is 6. The van der Waals surface area contributed by atoms with E-state index in [0.29, 0.717) is 44.0 Å². The second-order valence-electron chi connectivity index (χ2n) is 7.04. The molecule has 2 amide bonds. The van der Waals surface area contributed by atoms with E-state index in [0.717, 1.165) is 22.3 Å². The van der Waals surface area contributed by atoms with Crippen molar-refractivity contribution in [3.05, 3.63) is 71.3 Å². The monoisotopic (exact) mass is 412 g/mol. The summed E-state index contributed by atoms with van der Waals surface area (Å²) in [5.41, 5.74) is 3.55. The fourth-order valence-corrected chi connectivity index (χ4v) is 3.88. The van der Waals surface area contributed by atoms with Gasteiger partial charge in [-0.1, -0.05) is 48.5 Å². The predicted molar refractivity (Wildman–Crippen MR) is 114 cm³/mol. The van der Waals surface area contributed by atoms with Crippen LogP contribution >= 0.6 is 11.6 Å². The Hall–Kier alpha value is -2.63. The van der Waals surface area contributed by atoms with E-state index in [1.807, 2.05) is 36.4 Å². The van der Waals surface area contributed by atoms with E-state index >= 15 is 0 Å². The Labute approximate surface area is 176 Å². The van der Waals surface area contributed by atoms with Crippen molar-refractivity contribution in [2.75, 3.05) is 26.2 Å². The van der Waals surface area contributed by atoms with Crippen LogP contribution in [0.2, 0.25) is 5.02 Å². The highest BCUT2D eigenvalue weighted by Crippen LogP contribution is 2.31. The minimum absolute atomic E-state index is 0.0517. The van der Waals surface area contributed by atoms with Gasteiger partial charge in [-0.25, -0.2) is 0 Å². The van der Waals surface area contributed by atoms with E-state index in [9.17, 15) is 14.7 Å². The highest BCUT2D eigenvalue weighted by molar-refractivity contribution is 6.33. The smallest absolute Gasteiger partial charge is 0.246 e. The van der Waals surface area contributed by atoms with Gasteiger partial charge in [0.05, 0.1) is 6.61 Å². The van der Waals surface area contributed by atoms with Gasteiger partial charge in [-0.2, -0.15) is 0 Å². The molecule has 1 N–H and O–H groups in total. The number of aryl methyl sites for hydroxylation is 1. The van der Waals surface area contributed by atoms with Gasteiger partial charge >= 0.3 is 0 Å². The molecule has 0 radical (unpaired) electrons. The molecule has 0 saturated carbocycles. The number of carbonyl (C=O) groups is 2. The summed E-state index contributed by atoms with van der Waals surface area (Å²) in [6.45, 7) is 5.49. The summed E-state index contributed by atoms with van der Waals surface area (Å²) in [4.78, 5) is 27.8. The number of hydrogen-bond acceptors (Lipinski definition) is 3. The molecule has 0 unspecified atom stereocenters. The Morgan fingerprint density at radius 2 is 1.69 bits per heavy atom. The zero-order chi connectivity index (χ0) is 20.8. The van der Waals surface area contributed by atoms with Gasteiger partial charge in [0, 0.05) is 43.2 Å². The number of aliphatic hydroxyl groups is 1. The van der Waals surface area contributed by atoms with Crippen LogP contribution in [0.15, 0.2) is 55.1 Å².